The number of amidine groups is 1. The maximum absolute atomic E-state index is 8.40. The van der Waals surface area contributed by atoms with Crippen molar-refractivity contribution < 1.29 is 5.21 Å². The lowest BCUT2D eigenvalue weighted by Crippen LogP contribution is -2.24. The average molecular weight is 278 g/mol. The Morgan fingerprint density at radius 3 is 2.60 bits per heavy atom. The first-order valence-corrected chi connectivity index (χ1v) is 7.17. The molecule has 20 heavy (non-hydrogen) atoms. The number of nitrogens with two attached hydrogens (primary N) is 1. The first-order valence-electron chi connectivity index (χ1n) is 7.17. The van der Waals surface area contributed by atoms with Crippen LogP contribution >= 0.6 is 0 Å². The summed E-state index contributed by atoms with van der Waals surface area (Å²) in [7, 11) is 2.12. The topological polar surface area (TPSA) is 73.9 Å². The molecule has 0 heterocycles. The molecule has 5 nitrogen and oxygen atoms in total. The Morgan fingerprint density at radius 2 is 1.90 bits per heavy atom. The van der Waals surface area contributed by atoms with Crippen molar-refractivity contribution in [3.63, 3.8) is 0 Å². The third-order valence-electron chi connectivity index (χ3n) is 3.21. The Labute approximate surface area is 121 Å². The van der Waals surface area contributed by atoms with Crippen LogP contribution in [0.25, 0.3) is 0 Å². The van der Waals surface area contributed by atoms with Crippen molar-refractivity contribution in [3.05, 3.63) is 30.3 Å². The van der Waals surface area contributed by atoms with E-state index >= 15 is 0 Å². The van der Waals surface area contributed by atoms with E-state index in [1.54, 1.807) is 0 Å². The van der Waals surface area contributed by atoms with Crippen molar-refractivity contribution in [1.29, 1.82) is 0 Å². The Kier molecular flexibility index (Phi) is 8.22. The van der Waals surface area contributed by atoms with Gasteiger partial charge in [0.15, 0.2) is 0 Å². The smallest absolute Gasteiger partial charge is 0.139 e. The molecule has 0 spiro atoms. The lowest BCUT2D eigenvalue weighted by atomic mass is 10.2. The van der Waals surface area contributed by atoms with E-state index in [2.05, 4.69) is 46.7 Å². The van der Waals surface area contributed by atoms with Crippen LogP contribution in [0.5, 0.6) is 0 Å². The number of nitrogens with zero attached hydrogens (tertiary/aromatic N) is 2. The third-order valence-corrected chi connectivity index (χ3v) is 3.21. The lowest BCUT2D eigenvalue weighted by Gasteiger charge is -2.19. The maximum Gasteiger partial charge on any atom is 0.139 e. The number of benzene rings is 1. The number of hydrogen-bond acceptors (Lipinski definition) is 4. The van der Waals surface area contributed by atoms with Crippen LogP contribution in [0, 0.1) is 0 Å². The second-order valence-corrected chi connectivity index (χ2v) is 4.91. The molecule has 0 aromatic heterocycles. The molecule has 5 heteroatoms. The molecule has 112 valence electrons. The lowest BCUT2D eigenvalue weighted by molar-refractivity contribution is 0.316. The van der Waals surface area contributed by atoms with E-state index in [-0.39, 0.29) is 0 Å². The normalized spacial score (nSPS) is 11.6. The zero-order chi connectivity index (χ0) is 14.6. The van der Waals surface area contributed by atoms with Gasteiger partial charge in [-0.05, 0) is 44.5 Å². The second-order valence-electron chi connectivity index (χ2n) is 4.91. The summed E-state index contributed by atoms with van der Waals surface area (Å²) in [6.45, 7) is 3.04. The minimum atomic E-state index is 0.314. The van der Waals surface area contributed by atoms with Gasteiger partial charge < -0.3 is 21.2 Å². The van der Waals surface area contributed by atoms with Gasteiger partial charge in [0, 0.05) is 25.7 Å². The minimum Gasteiger partial charge on any atom is -0.409 e. The van der Waals surface area contributed by atoms with E-state index in [0.717, 1.165) is 38.9 Å². The molecular formula is C15H26N4O. The molecule has 0 saturated carbocycles. The fourth-order valence-corrected chi connectivity index (χ4v) is 1.98. The fraction of sp³-hybridized carbons (Fsp3) is 0.533. The molecule has 0 aliphatic rings. The number of anilines is 1. The third kappa shape index (κ3) is 6.99. The molecule has 0 radical (unpaired) electrons. The Morgan fingerprint density at radius 1 is 1.20 bits per heavy atom. The summed E-state index contributed by atoms with van der Waals surface area (Å²) < 4.78 is 0. The van der Waals surface area contributed by atoms with E-state index in [1.807, 2.05) is 6.07 Å². The highest BCUT2D eigenvalue weighted by Crippen LogP contribution is 2.10. The van der Waals surface area contributed by atoms with Gasteiger partial charge in [-0.25, -0.2) is 0 Å². The summed E-state index contributed by atoms with van der Waals surface area (Å²) in [6.07, 6.45) is 3.78. The SMILES string of the molecule is CN(CCCNCCCCC(N)=NO)c1ccccc1. The molecule has 1 aromatic carbocycles. The molecule has 0 amide bonds. The monoisotopic (exact) mass is 278 g/mol. The number of unbranched alkanes of at least 4 members (excludes halogenated alkanes) is 1. The fourth-order valence-electron chi connectivity index (χ4n) is 1.98. The highest BCUT2D eigenvalue weighted by molar-refractivity contribution is 5.79. The van der Waals surface area contributed by atoms with Crippen molar-refractivity contribution in [2.45, 2.75) is 25.7 Å². The number of hydrogen-bond donors (Lipinski definition) is 3. The van der Waals surface area contributed by atoms with Crippen molar-refractivity contribution in [3.8, 4) is 0 Å². The van der Waals surface area contributed by atoms with Crippen LogP contribution in [0.2, 0.25) is 0 Å². The summed E-state index contributed by atoms with van der Waals surface area (Å²) in [6, 6.07) is 10.4. The molecule has 0 bridgehead atoms. The predicted molar refractivity (Wildman–Crippen MR) is 84.5 cm³/mol. The largest absolute Gasteiger partial charge is 0.409 e. The van der Waals surface area contributed by atoms with Crippen molar-refractivity contribution >= 4 is 11.5 Å². The van der Waals surface area contributed by atoms with Gasteiger partial charge in [-0.15, -0.1) is 0 Å². The van der Waals surface area contributed by atoms with Crippen LogP contribution in [0.15, 0.2) is 35.5 Å². The Bertz CT molecular complexity index is 381. The molecule has 0 saturated heterocycles. The van der Waals surface area contributed by atoms with Gasteiger partial charge in [0.1, 0.15) is 5.84 Å². The first kappa shape index (κ1) is 16.3. The van der Waals surface area contributed by atoms with Crippen molar-refractivity contribution in [2.24, 2.45) is 10.9 Å². The van der Waals surface area contributed by atoms with Gasteiger partial charge in [0.2, 0.25) is 0 Å². The van der Waals surface area contributed by atoms with Crippen LogP contribution in [0.4, 0.5) is 5.69 Å². The van der Waals surface area contributed by atoms with Gasteiger partial charge in [-0.2, -0.15) is 0 Å². The molecule has 4 N–H and O–H groups in total. The number of rotatable bonds is 10. The van der Waals surface area contributed by atoms with E-state index < -0.39 is 0 Å². The quantitative estimate of drug-likeness (QED) is 0.201. The second kappa shape index (κ2) is 10.1. The van der Waals surface area contributed by atoms with Crippen molar-refractivity contribution in [1.82, 2.24) is 5.32 Å². The summed E-state index contributed by atoms with van der Waals surface area (Å²) >= 11 is 0. The standard InChI is InChI=1S/C15H26N4O/c1-19(14-8-3-2-4-9-14)13-7-12-17-11-6-5-10-15(16)18-20/h2-4,8-9,17,20H,5-7,10-13H2,1H3,(H2,16,18). The highest BCUT2D eigenvalue weighted by atomic mass is 16.4. The van der Waals surface area contributed by atoms with Crippen LogP contribution in [-0.4, -0.2) is 37.7 Å². The van der Waals surface area contributed by atoms with Crippen molar-refractivity contribution in [2.75, 3.05) is 31.6 Å². The van der Waals surface area contributed by atoms with E-state index in [1.165, 1.54) is 5.69 Å². The average Bonchev–Trinajstić information content (AvgIpc) is 2.50. The van der Waals surface area contributed by atoms with Gasteiger partial charge in [-0.1, -0.05) is 23.4 Å². The Balaban J connectivity index is 1.97. The number of para-hydroxylation sites is 1. The molecule has 0 atom stereocenters. The first-order chi connectivity index (χ1) is 9.74. The molecule has 0 fully saturated rings. The van der Waals surface area contributed by atoms with E-state index in [9.17, 15) is 0 Å². The molecule has 0 aliphatic carbocycles. The Hall–Kier alpha value is -1.75. The molecule has 0 aliphatic heterocycles. The van der Waals surface area contributed by atoms with Gasteiger partial charge >= 0.3 is 0 Å². The van der Waals surface area contributed by atoms with Crippen LogP contribution in [-0.2, 0) is 0 Å². The van der Waals surface area contributed by atoms with E-state index in [4.69, 9.17) is 10.9 Å². The van der Waals surface area contributed by atoms with Gasteiger partial charge in [0.05, 0.1) is 0 Å². The zero-order valence-corrected chi connectivity index (χ0v) is 12.3. The summed E-state index contributed by atoms with van der Waals surface area (Å²) in [5.41, 5.74) is 6.65. The zero-order valence-electron chi connectivity index (χ0n) is 12.3. The highest BCUT2D eigenvalue weighted by Gasteiger charge is 1.99. The number of oxime groups is 1. The summed E-state index contributed by atoms with van der Waals surface area (Å²) in [5.74, 6) is 0.314. The van der Waals surface area contributed by atoms with Gasteiger partial charge in [-0.3, -0.25) is 0 Å². The molecular weight excluding hydrogens is 252 g/mol. The number of nitrogens with one attached hydrogen (secondary N) is 1. The molecule has 0 unspecified atom stereocenters. The van der Waals surface area contributed by atoms with Crippen LogP contribution in [0.3, 0.4) is 0 Å². The van der Waals surface area contributed by atoms with Crippen LogP contribution < -0.4 is 16.0 Å². The maximum atomic E-state index is 8.40. The summed E-state index contributed by atoms with van der Waals surface area (Å²) in [5, 5.41) is 14.8. The summed E-state index contributed by atoms with van der Waals surface area (Å²) in [4.78, 5) is 2.26. The molecule has 1 rings (SSSR count). The predicted octanol–water partition coefficient (Wildman–Crippen LogP) is 2.02. The van der Waals surface area contributed by atoms with Gasteiger partial charge in [0.25, 0.3) is 0 Å². The minimum absolute atomic E-state index is 0.314. The van der Waals surface area contributed by atoms with E-state index in [0.29, 0.717) is 12.3 Å². The van der Waals surface area contributed by atoms with Crippen LogP contribution in [0.1, 0.15) is 25.7 Å². The molecule has 1 aromatic rings.